The molecule has 27 heavy (non-hydrogen) atoms. The van der Waals surface area contributed by atoms with E-state index in [0.717, 1.165) is 17.1 Å². The molecule has 0 saturated carbocycles. The molecule has 0 atom stereocenters. The van der Waals surface area contributed by atoms with E-state index in [1.807, 2.05) is 35.8 Å². The number of pyridine rings is 1. The Morgan fingerprint density at radius 2 is 2.15 bits per heavy atom. The van der Waals surface area contributed by atoms with Crippen LogP contribution in [0.5, 0.6) is 5.75 Å². The lowest BCUT2D eigenvalue weighted by Crippen LogP contribution is -2.15. The number of carbonyl (C=O) groups is 1. The molecule has 1 amide bonds. The molecular weight excluding hydrogens is 386 g/mol. The number of nitrogens with one attached hydrogen (secondary N) is 1. The number of anilines is 1. The number of carbonyl (C=O) groups excluding carboxylic acids is 1. The summed E-state index contributed by atoms with van der Waals surface area (Å²) in [5.41, 5.74) is 1.39. The van der Waals surface area contributed by atoms with Gasteiger partial charge in [-0.2, -0.15) is 0 Å². The maximum Gasteiger partial charge on any atom is 0.234 e. The number of hydrogen-bond donors (Lipinski definition) is 1. The summed E-state index contributed by atoms with van der Waals surface area (Å²) >= 11 is 7.27. The van der Waals surface area contributed by atoms with Crippen molar-refractivity contribution in [3.63, 3.8) is 0 Å². The lowest BCUT2D eigenvalue weighted by molar-refractivity contribution is -0.113. The van der Waals surface area contributed by atoms with Crippen LogP contribution in [0.25, 0.3) is 11.4 Å². The van der Waals surface area contributed by atoms with Crippen molar-refractivity contribution in [3.05, 3.63) is 47.7 Å². The summed E-state index contributed by atoms with van der Waals surface area (Å²) in [5.74, 6) is 1.47. The van der Waals surface area contributed by atoms with Gasteiger partial charge in [0, 0.05) is 18.3 Å². The Hall–Kier alpha value is -2.58. The molecule has 2 aromatic heterocycles. The Bertz CT molecular complexity index is 947. The number of ether oxygens (including phenoxy) is 1. The third-order valence-electron chi connectivity index (χ3n) is 3.73. The quantitative estimate of drug-likeness (QED) is 0.478. The molecule has 3 aromatic rings. The Morgan fingerprint density at radius 3 is 2.89 bits per heavy atom. The van der Waals surface area contributed by atoms with E-state index in [4.69, 9.17) is 16.3 Å². The van der Waals surface area contributed by atoms with Crippen LogP contribution in [0, 0.1) is 0 Å². The van der Waals surface area contributed by atoms with Gasteiger partial charge in [-0.3, -0.25) is 4.79 Å². The molecule has 0 unspecified atom stereocenters. The Labute approximate surface area is 166 Å². The van der Waals surface area contributed by atoms with Crippen LogP contribution < -0.4 is 10.1 Å². The predicted octanol–water partition coefficient (Wildman–Crippen LogP) is 3.75. The van der Waals surface area contributed by atoms with Crippen LogP contribution in [0.15, 0.2) is 47.8 Å². The summed E-state index contributed by atoms with van der Waals surface area (Å²) in [5, 5.41) is 12.2. The lowest BCUT2D eigenvalue weighted by atomic mass is 10.2. The fourth-order valence-corrected chi connectivity index (χ4v) is 3.42. The normalized spacial score (nSPS) is 10.6. The van der Waals surface area contributed by atoms with Crippen molar-refractivity contribution in [2.24, 2.45) is 0 Å². The van der Waals surface area contributed by atoms with Crippen molar-refractivity contribution in [3.8, 4) is 17.1 Å². The van der Waals surface area contributed by atoms with Crippen molar-refractivity contribution in [1.29, 1.82) is 0 Å². The minimum Gasteiger partial charge on any atom is -0.497 e. The van der Waals surface area contributed by atoms with Crippen LogP contribution in [0.4, 0.5) is 5.69 Å². The zero-order valence-corrected chi connectivity index (χ0v) is 16.4. The van der Waals surface area contributed by atoms with Crippen LogP contribution in [-0.4, -0.2) is 38.5 Å². The van der Waals surface area contributed by atoms with Gasteiger partial charge in [-0.05, 0) is 31.2 Å². The van der Waals surface area contributed by atoms with E-state index in [1.54, 1.807) is 25.4 Å². The van der Waals surface area contributed by atoms with Crippen molar-refractivity contribution in [2.75, 3.05) is 18.2 Å². The van der Waals surface area contributed by atoms with Crippen molar-refractivity contribution >= 4 is 35.0 Å². The number of thioether (sulfide) groups is 1. The second kappa shape index (κ2) is 8.88. The molecule has 0 aliphatic rings. The van der Waals surface area contributed by atoms with Crippen molar-refractivity contribution < 1.29 is 9.53 Å². The fourth-order valence-electron chi connectivity index (χ4n) is 2.45. The van der Waals surface area contributed by atoms with Gasteiger partial charge < -0.3 is 14.6 Å². The molecule has 0 bridgehead atoms. The summed E-state index contributed by atoms with van der Waals surface area (Å²) in [6.45, 7) is 2.69. The average Bonchev–Trinajstić information content (AvgIpc) is 3.11. The first-order chi connectivity index (χ1) is 13.1. The monoisotopic (exact) mass is 403 g/mol. The number of aromatic nitrogens is 4. The molecule has 0 radical (unpaired) electrons. The first kappa shape index (κ1) is 19.2. The van der Waals surface area contributed by atoms with Gasteiger partial charge >= 0.3 is 0 Å². The van der Waals surface area contributed by atoms with Gasteiger partial charge in [0.15, 0.2) is 16.1 Å². The second-order valence-corrected chi connectivity index (χ2v) is 6.76. The highest BCUT2D eigenvalue weighted by atomic mass is 35.5. The zero-order chi connectivity index (χ0) is 19.2. The molecule has 1 N–H and O–H groups in total. The maximum absolute atomic E-state index is 12.2. The molecule has 0 fully saturated rings. The van der Waals surface area contributed by atoms with Crippen LogP contribution in [-0.2, 0) is 11.3 Å². The molecule has 0 aliphatic carbocycles. The molecule has 9 heteroatoms. The minimum absolute atomic E-state index is 0.182. The van der Waals surface area contributed by atoms with E-state index >= 15 is 0 Å². The molecule has 7 nitrogen and oxygen atoms in total. The fraction of sp³-hybridized carbons (Fsp3) is 0.222. The zero-order valence-electron chi connectivity index (χ0n) is 14.8. The van der Waals surface area contributed by atoms with Gasteiger partial charge in [-0.1, -0.05) is 35.5 Å². The van der Waals surface area contributed by atoms with Gasteiger partial charge in [0.05, 0.1) is 18.6 Å². The summed E-state index contributed by atoms with van der Waals surface area (Å²) in [6.07, 6.45) is 1.57. The number of hydrogen-bond acceptors (Lipinski definition) is 6. The average molecular weight is 404 g/mol. The molecular formula is C18H18ClN5O2S. The second-order valence-electron chi connectivity index (χ2n) is 5.46. The number of halogens is 1. The maximum atomic E-state index is 12.2. The molecule has 0 aliphatic heterocycles. The van der Waals surface area contributed by atoms with Gasteiger partial charge in [0.1, 0.15) is 5.75 Å². The Balaban J connectivity index is 1.71. The minimum atomic E-state index is -0.191. The van der Waals surface area contributed by atoms with E-state index in [-0.39, 0.29) is 16.8 Å². The molecule has 0 spiro atoms. The number of rotatable bonds is 7. The first-order valence-electron chi connectivity index (χ1n) is 8.23. The number of nitrogens with zero attached hydrogens (tertiary/aromatic N) is 4. The number of methoxy groups -OCH3 is 1. The largest absolute Gasteiger partial charge is 0.497 e. The Morgan fingerprint density at radius 1 is 1.30 bits per heavy atom. The molecule has 0 saturated heterocycles. The third-order valence-corrected chi connectivity index (χ3v) is 4.99. The first-order valence-corrected chi connectivity index (χ1v) is 9.59. The summed E-state index contributed by atoms with van der Waals surface area (Å²) in [6, 6.07) is 11.0. The SMILES string of the molecule is CCn1c(SCC(=O)Nc2cccnc2Cl)nnc1-c1cccc(OC)c1. The number of benzene rings is 1. The number of amides is 1. The van der Waals surface area contributed by atoms with Gasteiger partial charge in [0.2, 0.25) is 5.91 Å². The van der Waals surface area contributed by atoms with Crippen molar-refractivity contribution in [2.45, 2.75) is 18.6 Å². The van der Waals surface area contributed by atoms with E-state index in [1.165, 1.54) is 11.8 Å². The molecule has 1 aromatic carbocycles. The van der Waals surface area contributed by atoms with E-state index in [9.17, 15) is 4.79 Å². The summed E-state index contributed by atoms with van der Waals surface area (Å²) in [7, 11) is 1.62. The highest BCUT2D eigenvalue weighted by Crippen LogP contribution is 2.26. The molecule has 140 valence electrons. The van der Waals surface area contributed by atoms with Crippen LogP contribution in [0.3, 0.4) is 0 Å². The van der Waals surface area contributed by atoms with Gasteiger partial charge in [-0.15, -0.1) is 10.2 Å². The topological polar surface area (TPSA) is 81.9 Å². The molecule has 2 heterocycles. The van der Waals surface area contributed by atoms with Gasteiger partial charge in [-0.25, -0.2) is 4.98 Å². The molecule has 3 rings (SSSR count). The highest BCUT2D eigenvalue weighted by Gasteiger charge is 2.15. The van der Waals surface area contributed by atoms with Crippen molar-refractivity contribution in [1.82, 2.24) is 19.7 Å². The summed E-state index contributed by atoms with van der Waals surface area (Å²) in [4.78, 5) is 16.1. The smallest absolute Gasteiger partial charge is 0.234 e. The third kappa shape index (κ3) is 4.58. The van der Waals surface area contributed by atoms with E-state index in [0.29, 0.717) is 17.4 Å². The van der Waals surface area contributed by atoms with E-state index in [2.05, 4.69) is 20.5 Å². The summed E-state index contributed by atoms with van der Waals surface area (Å²) < 4.78 is 7.23. The van der Waals surface area contributed by atoms with Gasteiger partial charge in [0.25, 0.3) is 0 Å². The van der Waals surface area contributed by atoms with E-state index < -0.39 is 0 Å². The Kier molecular flexibility index (Phi) is 6.31. The van der Waals surface area contributed by atoms with Crippen LogP contribution in [0.1, 0.15) is 6.92 Å². The highest BCUT2D eigenvalue weighted by molar-refractivity contribution is 7.99. The standard InChI is InChI=1S/C18H18ClN5O2S/c1-3-24-17(12-6-4-7-13(10-12)26-2)22-23-18(24)27-11-15(25)21-14-8-5-9-20-16(14)19/h4-10H,3,11H2,1-2H3,(H,21,25). The predicted molar refractivity (Wildman–Crippen MR) is 106 cm³/mol. The van der Waals surface area contributed by atoms with Crippen LogP contribution in [0.2, 0.25) is 5.15 Å². The lowest BCUT2D eigenvalue weighted by Gasteiger charge is -2.09. The van der Waals surface area contributed by atoms with Crippen LogP contribution >= 0.6 is 23.4 Å².